The highest BCUT2D eigenvalue weighted by Crippen LogP contribution is 2.26. The molecule has 1 unspecified atom stereocenters. The predicted octanol–water partition coefficient (Wildman–Crippen LogP) is 3.45. The van der Waals surface area contributed by atoms with Crippen LogP contribution in [0.5, 0.6) is 5.75 Å². The molecule has 2 aromatic rings. The van der Waals surface area contributed by atoms with Gasteiger partial charge in [0.15, 0.2) is 0 Å². The van der Waals surface area contributed by atoms with Gasteiger partial charge in [0.1, 0.15) is 18.2 Å². The summed E-state index contributed by atoms with van der Waals surface area (Å²) in [4.78, 5) is 29.7. The number of anilines is 1. The summed E-state index contributed by atoms with van der Waals surface area (Å²) in [6.07, 6.45) is 4.60. The lowest BCUT2D eigenvalue weighted by molar-refractivity contribution is -0.118. The second kappa shape index (κ2) is 9.30. The number of amides is 2. The number of nitrogens with zero attached hydrogens (tertiary/aromatic N) is 2. The van der Waals surface area contributed by atoms with Crippen molar-refractivity contribution >= 4 is 41.1 Å². The molecule has 28 heavy (non-hydrogen) atoms. The van der Waals surface area contributed by atoms with Gasteiger partial charge in [0.2, 0.25) is 5.91 Å². The van der Waals surface area contributed by atoms with Crippen LogP contribution in [-0.2, 0) is 11.2 Å². The van der Waals surface area contributed by atoms with Crippen molar-refractivity contribution in [1.29, 1.82) is 0 Å². The van der Waals surface area contributed by atoms with Gasteiger partial charge in [-0.25, -0.2) is 4.98 Å². The molecular weight excluding hydrogens is 398 g/mol. The van der Waals surface area contributed by atoms with Crippen LogP contribution in [0.2, 0.25) is 0 Å². The number of nitrogens with one attached hydrogen (secondary N) is 1. The molecule has 4 rings (SSSR count). The number of ether oxygens (including phenoxy) is 1. The molecule has 6 nitrogen and oxygen atoms in total. The van der Waals surface area contributed by atoms with E-state index in [2.05, 4.69) is 15.2 Å². The normalized spacial score (nSPS) is 21.4. The van der Waals surface area contributed by atoms with Crippen LogP contribution in [0.1, 0.15) is 18.4 Å². The fraction of sp³-hybridized carbons (Fsp3) is 0.350. The molecule has 2 saturated heterocycles. The van der Waals surface area contributed by atoms with Crippen molar-refractivity contribution in [2.75, 3.05) is 18.1 Å². The average Bonchev–Trinajstić information content (AvgIpc) is 3.28. The Kier molecular flexibility index (Phi) is 6.80. The van der Waals surface area contributed by atoms with Crippen LogP contribution in [-0.4, -0.2) is 40.6 Å². The summed E-state index contributed by atoms with van der Waals surface area (Å²) in [5.41, 5.74) is 1.01. The maximum absolute atomic E-state index is 11.7. The molecule has 2 amide bonds. The largest absolute Gasteiger partial charge is 0.491 e. The zero-order valence-corrected chi connectivity index (χ0v) is 16.9. The summed E-state index contributed by atoms with van der Waals surface area (Å²) < 4.78 is 6.00. The minimum atomic E-state index is -0.338. The Hall–Kier alpha value is -2.25. The molecule has 0 bridgehead atoms. The Balaban J connectivity index is 0.00000225. The number of hydrogen-bond acceptors (Lipinski definition) is 6. The third-order valence-corrected chi connectivity index (χ3v) is 5.86. The third-order valence-electron chi connectivity index (χ3n) is 4.87. The maximum atomic E-state index is 11.7. The van der Waals surface area contributed by atoms with E-state index in [0.29, 0.717) is 19.1 Å². The number of carbonyl (C=O) groups excluding carboxylic acids is 2. The Labute approximate surface area is 174 Å². The van der Waals surface area contributed by atoms with Gasteiger partial charge in [0, 0.05) is 12.7 Å². The van der Waals surface area contributed by atoms with Crippen molar-refractivity contribution in [2.24, 2.45) is 0 Å². The van der Waals surface area contributed by atoms with Gasteiger partial charge in [0.25, 0.3) is 5.24 Å². The molecular formula is C20H22ClN3O3S. The van der Waals surface area contributed by atoms with E-state index in [1.807, 2.05) is 48.7 Å². The van der Waals surface area contributed by atoms with Crippen LogP contribution in [0.15, 0.2) is 48.7 Å². The van der Waals surface area contributed by atoms with Crippen LogP contribution < -0.4 is 15.0 Å². The van der Waals surface area contributed by atoms with Crippen LogP contribution in [0.3, 0.4) is 0 Å². The molecule has 3 heterocycles. The Morgan fingerprint density at radius 1 is 1.18 bits per heavy atom. The van der Waals surface area contributed by atoms with E-state index in [1.54, 1.807) is 0 Å². The fourth-order valence-electron chi connectivity index (χ4n) is 3.49. The number of benzene rings is 1. The lowest BCUT2D eigenvalue weighted by Crippen LogP contribution is -2.34. The number of imide groups is 1. The first-order chi connectivity index (χ1) is 13.2. The molecule has 2 fully saturated rings. The number of aromatic nitrogens is 1. The van der Waals surface area contributed by atoms with Gasteiger partial charge in [-0.15, -0.1) is 12.4 Å². The van der Waals surface area contributed by atoms with E-state index < -0.39 is 0 Å². The number of rotatable bonds is 6. The van der Waals surface area contributed by atoms with Crippen LogP contribution in [0.4, 0.5) is 10.6 Å². The summed E-state index contributed by atoms with van der Waals surface area (Å²) in [7, 11) is 0. The van der Waals surface area contributed by atoms with Gasteiger partial charge in [0.05, 0.1) is 11.3 Å². The van der Waals surface area contributed by atoms with Gasteiger partial charge in [-0.2, -0.15) is 0 Å². The summed E-state index contributed by atoms with van der Waals surface area (Å²) in [5, 5.41) is 1.72. The minimum absolute atomic E-state index is 0. The van der Waals surface area contributed by atoms with E-state index in [1.165, 1.54) is 0 Å². The molecule has 2 aliphatic heterocycles. The topological polar surface area (TPSA) is 71.5 Å². The second-order valence-corrected chi connectivity index (χ2v) is 7.90. The Morgan fingerprint density at radius 2 is 2.00 bits per heavy atom. The lowest BCUT2D eigenvalue weighted by atomic mass is 10.1. The minimum Gasteiger partial charge on any atom is -0.491 e. The molecule has 148 valence electrons. The average molecular weight is 420 g/mol. The SMILES string of the molecule is Cl.O=C1NC(=O)C(Cc2ccc(OC[C@@H]3CCCN3c3ccccn3)cc2)S1. The fourth-order valence-corrected chi connectivity index (χ4v) is 4.35. The van der Waals surface area contributed by atoms with Crippen LogP contribution in [0.25, 0.3) is 0 Å². The zero-order chi connectivity index (χ0) is 18.6. The summed E-state index contributed by atoms with van der Waals surface area (Å²) >= 11 is 1.06. The molecule has 0 saturated carbocycles. The first-order valence-electron chi connectivity index (χ1n) is 9.10. The highest BCUT2D eigenvalue weighted by molar-refractivity contribution is 8.15. The first-order valence-corrected chi connectivity index (χ1v) is 9.98. The zero-order valence-electron chi connectivity index (χ0n) is 15.2. The Bertz CT molecular complexity index is 819. The Morgan fingerprint density at radius 3 is 2.68 bits per heavy atom. The summed E-state index contributed by atoms with van der Waals surface area (Å²) in [6, 6.07) is 14.1. The first kappa shape index (κ1) is 20.5. The lowest BCUT2D eigenvalue weighted by Gasteiger charge is -2.25. The van der Waals surface area contributed by atoms with E-state index >= 15 is 0 Å². The molecule has 0 aliphatic carbocycles. The van der Waals surface area contributed by atoms with Gasteiger partial charge in [-0.05, 0) is 49.1 Å². The number of halogens is 1. The van der Waals surface area contributed by atoms with E-state index in [-0.39, 0.29) is 28.8 Å². The highest BCUT2D eigenvalue weighted by atomic mass is 35.5. The molecule has 8 heteroatoms. The molecule has 1 N–H and O–H groups in total. The van der Waals surface area contributed by atoms with Crippen molar-refractivity contribution in [3.05, 3.63) is 54.2 Å². The summed E-state index contributed by atoms with van der Waals surface area (Å²) in [6.45, 7) is 1.62. The van der Waals surface area contributed by atoms with Crippen LogP contribution in [0, 0.1) is 0 Å². The number of carbonyl (C=O) groups is 2. The van der Waals surface area contributed by atoms with Crippen molar-refractivity contribution < 1.29 is 14.3 Å². The van der Waals surface area contributed by atoms with Crippen LogP contribution >= 0.6 is 24.2 Å². The molecule has 1 aromatic heterocycles. The predicted molar refractivity (Wildman–Crippen MR) is 112 cm³/mol. The standard InChI is InChI=1S/C20H21N3O3S.ClH/c24-19-17(27-20(25)22-19)12-14-6-8-16(9-7-14)26-13-15-4-3-11-23(15)18-5-1-2-10-21-18;/h1-2,5-10,15,17H,3-4,11-13H2,(H,22,24,25);1H/t15-,17?;/m0./s1. The highest BCUT2D eigenvalue weighted by Gasteiger charge is 2.31. The van der Waals surface area contributed by atoms with E-state index in [9.17, 15) is 9.59 Å². The second-order valence-electron chi connectivity index (χ2n) is 6.72. The van der Waals surface area contributed by atoms with E-state index in [0.717, 1.165) is 48.3 Å². The van der Waals surface area contributed by atoms with Crippen molar-refractivity contribution in [3.63, 3.8) is 0 Å². The molecule has 2 aliphatic rings. The van der Waals surface area contributed by atoms with Crippen molar-refractivity contribution in [3.8, 4) is 5.75 Å². The maximum Gasteiger partial charge on any atom is 0.286 e. The van der Waals surface area contributed by atoms with Gasteiger partial charge >= 0.3 is 0 Å². The number of hydrogen-bond donors (Lipinski definition) is 1. The quantitative estimate of drug-likeness (QED) is 0.773. The smallest absolute Gasteiger partial charge is 0.286 e. The monoisotopic (exact) mass is 419 g/mol. The van der Waals surface area contributed by atoms with Gasteiger partial charge in [-0.3, -0.25) is 14.9 Å². The number of pyridine rings is 1. The molecule has 0 radical (unpaired) electrons. The third kappa shape index (κ3) is 4.77. The molecule has 1 aromatic carbocycles. The van der Waals surface area contributed by atoms with Gasteiger partial charge < -0.3 is 9.64 Å². The molecule has 2 atom stereocenters. The number of thioether (sulfide) groups is 1. The van der Waals surface area contributed by atoms with Crippen molar-refractivity contribution in [1.82, 2.24) is 10.3 Å². The van der Waals surface area contributed by atoms with Crippen molar-refractivity contribution in [2.45, 2.75) is 30.6 Å². The molecule has 0 spiro atoms. The summed E-state index contributed by atoms with van der Waals surface area (Å²) in [5.74, 6) is 1.60. The van der Waals surface area contributed by atoms with Gasteiger partial charge in [-0.1, -0.05) is 30.0 Å². The van der Waals surface area contributed by atoms with E-state index in [4.69, 9.17) is 4.74 Å².